The molecular weight excluding hydrogens is 362 g/mol. The Morgan fingerprint density at radius 1 is 0.733 bits per heavy atom. The van der Waals surface area contributed by atoms with Gasteiger partial charge in [0.05, 0.1) is 0 Å². The van der Waals surface area contributed by atoms with Crippen LogP contribution in [0.4, 0.5) is 0 Å². The molecule has 1 unspecified atom stereocenters. The molecule has 0 aliphatic rings. The van der Waals surface area contributed by atoms with Crippen LogP contribution in [-0.4, -0.2) is 4.57 Å². The second-order valence-electron chi connectivity index (χ2n) is 8.07. The van der Waals surface area contributed by atoms with E-state index in [2.05, 4.69) is 91.2 Å². The highest BCUT2D eigenvalue weighted by atomic mass is 15.0. The Morgan fingerprint density at radius 3 is 1.87 bits per heavy atom. The lowest BCUT2D eigenvalue weighted by Crippen LogP contribution is -1.99. The zero-order valence-electron chi connectivity index (χ0n) is 19.2. The summed E-state index contributed by atoms with van der Waals surface area (Å²) < 4.78 is 2.50. The third kappa shape index (κ3) is 4.95. The van der Waals surface area contributed by atoms with Crippen molar-refractivity contribution in [3.05, 3.63) is 83.9 Å². The van der Waals surface area contributed by atoms with Gasteiger partial charge in [-0.15, -0.1) is 0 Å². The zero-order valence-corrected chi connectivity index (χ0v) is 19.2. The molecule has 0 radical (unpaired) electrons. The summed E-state index contributed by atoms with van der Waals surface area (Å²) in [7, 11) is 0. The average Bonchev–Trinajstić information content (AvgIpc) is 3.12. The Bertz CT molecular complexity index is 986. The van der Waals surface area contributed by atoms with Gasteiger partial charge in [-0.1, -0.05) is 94.8 Å². The van der Waals surface area contributed by atoms with Crippen molar-refractivity contribution in [2.75, 3.05) is 0 Å². The van der Waals surface area contributed by atoms with E-state index in [0.29, 0.717) is 5.92 Å². The normalized spacial score (nSPS) is 12.0. The molecule has 0 bridgehead atoms. The van der Waals surface area contributed by atoms with Crippen molar-refractivity contribution in [2.45, 2.75) is 72.3 Å². The highest BCUT2D eigenvalue weighted by Crippen LogP contribution is 2.29. The molecular formula is C29H37N. The third-order valence-electron chi connectivity index (χ3n) is 6.05. The highest BCUT2D eigenvalue weighted by Gasteiger charge is 2.09. The number of rotatable bonds is 8. The van der Waals surface area contributed by atoms with Gasteiger partial charge in [-0.3, -0.25) is 0 Å². The number of benzene rings is 3. The largest absolute Gasteiger partial charge is 0.340 e. The van der Waals surface area contributed by atoms with E-state index >= 15 is 0 Å². The second kappa shape index (κ2) is 11.0. The lowest BCUT2D eigenvalue weighted by Gasteiger charge is -2.11. The van der Waals surface area contributed by atoms with Crippen molar-refractivity contribution < 1.29 is 0 Å². The number of nitrogens with zero attached hydrogens (tertiary/aromatic N) is 1. The summed E-state index contributed by atoms with van der Waals surface area (Å²) in [6.45, 7) is 9.69. The van der Waals surface area contributed by atoms with Crippen molar-refractivity contribution in [2.24, 2.45) is 0 Å². The van der Waals surface area contributed by atoms with Gasteiger partial charge in [0.1, 0.15) is 0 Å². The molecule has 1 heteroatoms. The van der Waals surface area contributed by atoms with Crippen molar-refractivity contribution in [3.8, 4) is 0 Å². The monoisotopic (exact) mass is 399 g/mol. The number of aryl methyl sites for hydroxylation is 2. The lowest BCUT2D eigenvalue weighted by molar-refractivity contribution is 0.635. The van der Waals surface area contributed by atoms with Gasteiger partial charge in [0.25, 0.3) is 0 Å². The zero-order chi connectivity index (χ0) is 21.3. The first-order valence-corrected chi connectivity index (χ1v) is 11.8. The van der Waals surface area contributed by atoms with E-state index in [1.807, 2.05) is 13.8 Å². The number of para-hydroxylation sites is 2. The topological polar surface area (TPSA) is 4.93 Å². The quantitative estimate of drug-likeness (QED) is 0.261. The number of hydrogen-bond donors (Lipinski definition) is 0. The SMILES string of the molecule is CC.CCCC(C)c1ccc(CCCCn2c3ccccc3c3ccccc32)cc1. The maximum Gasteiger partial charge on any atom is 0.0491 e. The van der Waals surface area contributed by atoms with Crippen LogP contribution in [0.15, 0.2) is 72.8 Å². The molecule has 158 valence electrons. The number of aromatic nitrogens is 1. The van der Waals surface area contributed by atoms with E-state index in [9.17, 15) is 0 Å². The smallest absolute Gasteiger partial charge is 0.0491 e. The fourth-order valence-electron chi connectivity index (χ4n) is 4.46. The van der Waals surface area contributed by atoms with Gasteiger partial charge >= 0.3 is 0 Å². The molecule has 4 rings (SSSR count). The van der Waals surface area contributed by atoms with E-state index in [1.165, 1.54) is 65.0 Å². The molecule has 4 aromatic rings. The Balaban J connectivity index is 0.00000124. The fraction of sp³-hybridized carbons (Fsp3) is 0.379. The molecule has 0 spiro atoms. The molecule has 1 nitrogen and oxygen atoms in total. The summed E-state index contributed by atoms with van der Waals surface area (Å²) in [5.41, 5.74) is 5.67. The Labute approximate surface area is 182 Å². The first-order chi connectivity index (χ1) is 14.8. The van der Waals surface area contributed by atoms with Crippen LogP contribution in [-0.2, 0) is 13.0 Å². The van der Waals surface area contributed by atoms with Gasteiger partial charge in [0, 0.05) is 28.4 Å². The molecule has 0 saturated carbocycles. The van der Waals surface area contributed by atoms with Crippen LogP contribution in [0.1, 0.15) is 70.4 Å². The molecule has 3 aromatic carbocycles. The maximum atomic E-state index is 2.50. The lowest BCUT2D eigenvalue weighted by atomic mass is 9.95. The Morgan fingerprint density at radius 2 is 1.30 bits per heavy atom. The summed E-state index contributed by atoms with van der Waals surface area (Å²) in [6, 6.07) is 26.9. The first-order valence-electron chi connectivity index (χ1n) is 11.8. The van der Waals surface area contributed by atoms with Crippen LogP contribution in [0.5, 0.6) is 0 Å². The molecule has 0 aliphatic carbocycles. The predicted octanol–water partition coefficient (Wildman–Crippen LogP) is 8.75. The Kier molecular flexibility index (Phi) is 8.13. The molecule has 1 atom stereocenters. The van der Waals surface area contributed by atoms with E-state index < -0.39 is 0 Å². The molecule has 30 heavy (non-hydrogen) atoms. The standard InChI is InChI=1S/C27H31N.C2H6/c1-3-10-21(2)23-18-16-22(17-19-23)11-8-9-20-28-26-14-6-4-12-24(26)25-13-5-7-15-27(25)28;1-2/h4-7,12-19,21H,3,8-11,20H2,1-2H3;1-2H3. The van der Waals surface area contributed by atoms with Crippen LogP contribution in [0.25, 0.3) is 21.8 Å². The van der Waals surface area contributed by atoms with Crippen molar-refractivity contribution >= 4 is 21.8 Å². The van der Waals surface area contributed by atoms with E-state index in [1.54, 1.807) is 0 Å². The number of fused-ring (bicyclic) bond motifs is 3. The minimum absolute atomic E-state index is 0.675. The molecule has 0 N–H and O–H groups in total. The summed E-state index contributed by atoms with van der Waals surface area (Å²) in [5, 5.41) is 2.74. The van der Waals surface area contributed by atoms with Gasteiger partial charge in [0.2, 0.25) is 0 Å². The van der Waals surface area contributed by atoms with Gasteiger partial charge in [0.15, 0.2) is 0 Å². The van der Waals surface area contributed by atoms with Gasteiger partial charge < -0.3 is 4.57 Å². The fourth-order valence-corrected chi connectivity index (χ4v) is 4.46. The molecule has 0 saturated heterocycles. The summed E-state index contributed by atoms with van der Waals surface area (Å²) in [6.07, 6.45) is 6.13. The summed E-state index contributed by atoms with van der Waals surface area (Å²) in [5.74, 6) is 0.675. The number of hydrogen-bond acceptors (Lipinski definition) is 0. The summed E-state index contributed by atoms with van der Waals surface area (Å²) in [4.78, 5) is 0. The number of unbranched alkanes of at least 4 members (excludes halogenated alkanes) is 1. The van der Waals surface area contributed by atoms with Crippen molar-refractivity contribution in [3.63, 3.8) is 0 Å². The van der Waals surface area contributed by atoms with Crippen LogP contribution in [0.3, 0.4) is 0 Å². The predicted molar refractivity (Wildman–Crippen MR) is 133 cm³/mol. The van der Waals surface area contributed by atoms with Gasteiger partial charge in [-0.25, -0.2) is 0 Å². The molecule has 1 heterocycles. The minimum atomic E-state index is 0.675. The van der Waals surface area contributed by atoms with E-state index in [4.69, 9.17) is 0 Å². The van der Waals surface area contributed by atoms with Crippen LogP contribution in [0.2, 0.25) is 0 Å². The van der Waals surface area contributed by atoms with Crippen LogP contribution in [0, 0.1) is 0 Å². The van der Waals surface area contributed by atoms with Crippen molar-refractivity contribution in [1.29, 1.82) is 0 Å². The second-order valence-corrected chi connectivity index (χ2v) is 8.07. The third-order valence-corrected chi connectivity index (χ3v) is 6.05. The highest BCUT2D eigenvalue weighted by molar-refractivity contribution is 6.07. The minimum Gasteiger partial charge on any atom is -0.340 e. The maximum absolute atomic E-state index is 2.50. The molecule has 0 aliphatic heterocycles. The van der Waals surface area contributed by atoms with Crippen molar-refractivity contribution in [1.82, 2.24) is 4.57 Å². The van der Waals surface area contributed by atoms with Gasteiger partial charge in [-0.05, 0) is 54.9 Å². The molecule has 0 fully saturated rings. The van der Waals surface area contributed by atoms with Crippen LogP contribution < -0.4 is 0 Å². The van der Waals surface area contributed by atoms with E-state index in [0.717, 1.165) is 6.54 Å². The average molecular weight is 400 g/mol. The van der Waals surface area contributed by atoms with E-state index in [-0.39, 0.29) is 0 Å². The van der Waals surface area contributed by atoms with Crippen LogP contribution >= 0.6 is 0 Å². The first kappa shape index (κ1) is 22.2. The molecule has 0 amide bonds. The summed E-state index contributed by atoms with van der Waals surface area (Å²) >= 11 is 0. The molecule has 1 aromatic heterocycles. The van der Waals surface area contributed by atoms with Gasteiger partial charge in [-0.2, -0.15) is 0 Å². The Hall–Kier alpha value is -2.54.